The molecule has 2 aromatic rings. The SMILES string of the molecule is CC(Oc1ccccc1C(C)C)C(=O)Nc1ccc2c(c1)OCCO2. The van der Waals surface area contributed by atoms with Crippen LogP contribution in [0, 0.1) is 0 Å². The molecule has 1 unspecified atom stereocenters. The molecule has 1 heterocycles. The zero-order valence-electron chi connectivity index (χ0n) is 14.7. The predicted octanol–water partition coefficient (Wildman–Crippen LogP) is 3.99. The molecule has 1 atom stereocenters. The Morgan fingerprint density at radius 1 is 1.04 bits per heavy atom. The molecule has 25 heavy (non-hydrogen) atoms. The molecule has 0 radical (unpaired) electrons. The Morgan fingerprint density at radius 3 is 2.52 bits per heavy atom. The molecule has 0 bridgehead atoms. The number of carbonyl (C=O) groups is 1. The third-order valence-electron chi connectivity index (χ3n) is 4.02. The van der Waals surface area contributed by atoms with Crippen LogP contribution in [0.3, 0.4) is 0 Å². The Morgan fingerprint density at radius 2 is 1.76 bits per heavy atom. The first-order chi connectivity index (χ1) is 12.0. The molecule has 1 amide bonds. The van der Waals surface area contributed by atoms with Crippen molar-refractivity contribution < 1.29 is 19.0 Å². The highest BCUT2D eigenvalue weighted by atomic mass is 16.6. The van der Waals surface area contributed by atoms with Gasteiger partial charge in [-0.05, 0) is 36.6 Å². The van der Waals surface area contributed by atoms with E-state index in [4.69, 9.17) is 14.2 Å². The normalized spacial score (nSPS) is 14.1. The summed E-state index contributed by atoms with van der Waals surface area (Å²) in [5.41, 5.74) is 1.74. The zero-order valence-corrected chi connectivity index (χ0v) is 14.7. The molecule has 0 aromatic heterocycles. The first kappa shape index (κ1) is 17.1. The van der Waals surface area contributed by atoms with Crippen LogP contribution in [0.15, 0.2) is 42.5 Å². The van der Waals surface area contributed by atoms with E-state index < -0.39 is 6.10 Å². The molecule has 0 aliphatic carbocycles. The molecule has 132 valence electrons. The van der Waals surface area contributed by atoms with Crippen LogP contribution >= 0.6 is 0 Å². The summed E-state index contributed by atoms with van der Waals surface area (Å²) in [6.07, 6.45) is -0.617. The molecule has 3 rings (SSSR count). The Hall–Kier alpha value is -2.69. The van der Waals surface area contributed by atoms with Crippen molar-refractivity contribution in [2.45, 2.75) is 32.8 Å². The molecule has 1 aliphatic heterocycles. The molecule has 0 spiro atoms. The van der Waals surface area contributed by atoms with Gasteiger partial charge in [0.15, 0.2) is 17.6 Å². The van der Waals surface area contributed by atoms with Gasteiger partial charge in [0.2, 0.25) is 0 Å². The lowest BCUT2D eigenvalue weighted by atomic mass is 10.0. The number of carbonyl (C=O) groups excluding carboxylic acids is 1. The second kappa shape index (κ2) is 7.47. The number of anilines is 1. The number of nitrogens with one attached hydrogen (secondary N) is 1. The molecule has 0 saturated heterocycles. The van der Waals surface area contributed by atoms with Crippen molar-refractivity contribution in [1.82, 2.24) is 0 Å². The van der Waals surface area contributed by atoms with Crippen LogP contribution in [0.4, 0.5) is 5.69 Å². The topological polar surface area (TPSA) is 56.8 Å². The van der Waals surface area contributed by atoms with Crippen molar-refractivity contribution in [3.8, 4) is 17.2 Å². The van der Waals surface area contributed by atoms with Gasteiger partial charge in [-0.1, -0.05) is 32.0 Å². The monoisotopic (exact) mass is 341 g/mol. The van der Waals surface area contributed by atoms with Crippen molar-refractivity contribution in [3.05, 3.63) is 48.0 Å². The maximum absolute atomic E-state index is 12.5. The molecule has 0 saturated carbocycles. The summed E-state index contributed by atoms with van der Waals surface area (Å²) in [7, 11) is 0. The van der Waals surface area contributed by atoms with Crippen molar-refractivity contribution in [1.29, 1.82) is 0 Å². The highest BCUT2D eigenvalue weighted by Crippen LogP contribution is 2.33. The lowest BCUT2D eigenvalue weighted by Crippen LogP contribution is -2.30. The molecular weight excluding hydrogens is 318 g/mol. The van der Waals surface area contributed by atoms with Crippen molar-refractivity contribution >= 4 is 11.6 Å². The van der Waals surface area contributed by atoms with Gasteiger partial charge in [0, 0.05) is 11.8 Å². The Kier molecular flexibility index (Phi) is 5.12. The fourth-order valence-electron chi connectivity index (χ4n) is 2.67. The summed E-state index contributed by atoms with van der Waals surface area (Å²) in [6, 6.07) is 13.1. The molecular formula is C20H23NO4. The van der Waals surface area contributed by atoms with Gasteiger partial charge in [-0.2, -0.15) is 0 Å². The molecule has 5 heteroatoms. The van der Waals surface area contributed by atoms with E-state index in [9.17, 15) is 4.79 Å². The Balaban J connectivity index is 1.67. The third-order valence-corrected chi connectivity index (χ3v) is 4.02. The van der Waals surface area contributed by atoms with E-state index in [0.717, 1.165) is 11.3 Å². The first-order valence-electron chi connectivity index (χ1n) is 8.50. The van der Waals surface area contributed by atoms with E-state index >= 15 is 0 Å². The van der Waals surface area contributed by atoms with Crippen LogP contribution in [-0.2, 0) is 4.79 Å². The van der Waals surface area contributed by atoms with Gasteiger partial charge in [0.05, 0.1) is 0 Å². The van der Waals surface area contributed by atoms with Crippen molar-refractivity contribution in [2.75, 3.05) is 18.5 Å². The van der Waals surface area contributed by atoms with Crippen LogP contribution in [0.2, 0.25) is 0 Å². The van der Waals surface area contributed by atoms with Crippen LogP contribution in [0.25, 0.3) is 0 Å². The average Bonchev–Trinajstić information content (AvgIpc) is 2.61. The average molecular weight is 341 g/mol. The van der Waals surface area contributed by atoms with Crippen LogP contribution in [-0.4, -0.2) is 25.2 Å². The number of benzene rings is 2. The van der Waals surface area contributed by atoms with Crippen LogP contribution < -0.4 is 19.5 Å². The van der Waals surface area contributed by atoms with E-state index in [1.807, 2.05) is 24.3 Å². The predicted molar refractivity (Wildman–Crippen MR) is 96.7 cm³/mol. The number of hydrogen-bond donors (Lipinski definition) is 1. The second-order valence-electron chi connectivity index (χ2n) is 6.30. The summed E-state index contributed by atoms with van der Waals surface area (Å²) in [5.74, 6) is 2.18. The summed E-state index contributed by atoms with van der Waals surface area (Å²) in [4.78, 5) is 12.5. The van der Waals surface area contributed by atoms with Gasteiger partial charge in [-0.25, -0.2) is 0 Å². The van der Waals surface area contributed by atoms with Gasteiger partial charge in [-0.3, -0.25) is 4.79 Å². The summed E-state index contributed by atoms with van der Waals surface area (Å²) < 4.78 is 16.9. The zero-order chi connectivity index (χ0) is 17.8. The highest BCUT2D eigenvalue weighted by molar-refractivity contribution is 5.94. The minimum absolute atomic E-state index is 0.213. The van der Waals surface area contributed by atoms with E-state index in [-0.39, 0.29) is 5.91 Å². The highest BCUT2D eigenvalue weighted by Gasteiger charge is 2.19. The van der Waals surface area contributed by atoms with Gasteiger partial charge in [-0.15, -0.1) is 0 Å². The number of rotatable bonds is 5. The third kappa shape index (κ3) is 4.05. The number of hydrogen-bond acceptors (Lipinski definition) is 4. The smallest absolute Gasteiger partial charge is 0.265 e. The van der Waals surface area contributed by atoms with Crippen LogP contribution in [0.5, 0.6) is 17.2 Å². The number of amides is 1. The van der Waals surface area contributed by atoms with Gasteiger partial charge >= 0.3 is 0 Å². The minimum atomic E-state index is -0.617. The molecule has 2 aromatic carbocycles. The molecule has 1 N–H and O–H groups in total. The maximum Gasteiger partial charge on any atom is 0.265 e. The lowest BCUT2D eigenvalue weighted by molar-refractivity contribution is -0.122. The largest absolute Gasteiger partial charge is 0.486 e. The summed E-state index contributed by atoms with van der Waals surface area (Å²) >= 11 is 0. The standard InChI is InChI=1S/C20H23NO4/c1-13(2)16-6-4-5-7-17(16)25-14(3)20(22)21-15-8-9-18-19(12-15)24-11-10-23-18/h4-9,12-14H,10-11H2,1-3H3,(H,21,22). The van der Waals surface area contributed by atoms with E-state index in [1.165, 1.54) is 0 Å². The lowest BCUT2D eigenvalue weighted by Gasteiger charge is -2.20. The Bertz CT molecular complexity index is 757. The first-order valence-corrected chi connectivity index (χ1v) is 8.50. The van der Waals surface area contributed by atoms with Gasteiger partial charge in [0.25, 0.3) is 5.91 Å². The number of fused-ring (bicyclic) bond motifs is 1. The molecule has 5 nitrogen and oxygen atoms in total. The molecule has 0 fully saturated rings. The maximum atomic E-state index is 12.5. The minimum Gasteiger partial charge on any atom is -0.486 e. The van der Waals surface area contributed by atoms with E-state index in [2.05, 4.69) is 19.2 Å². The summed E-state index contributed by atoms with van der Waals surface area (Å²) in [6.45, 7) is 6.99. The Labute approximate surface area is 147 Å². The van der Waals surface area contributed by atoms with Crippen LogP contribution in [0.1, 0.15) is 32.3 Å². The van der Waals surface area contributed by atoms with E-state index in [0.29, 0.717) is 36.3 Å². The van der Waals surface area contributed by atoms with Crippen molar-refractivity contribution in [3.63, 3.8) is 0 Å². The van der Waals surface area contributed by atoms with E-state index in [1.54, 1.807) is 25.1 Å². The quantitative estimate of drug-likeness (QED) is 0.893. The van der Waals surface area contributed by atoms with Gasteiger partial charge in [0.1, 0.15) is 19.0 Å². The summed E-state index contributed by atoms with van der Waals surface area (Å²) in [5, 5.41) is 2.86. The number of ether oxygens (including phenoxy) is 3. The second-order valence-corrected chi connectivity index (χ2v) is 6.30. The fraction of sp³-hybridized carbons (Fsp3) is 0.350. The fourth-order valence-corrected chi connectivity index (χ4v) is 2.67. The van der Waals surface area contributed by atoms with Gasteiger partial charge < -0.3 is 19.5 Å². The van der Waals surface area contributed by atoms with Crippen molar-refractivity contribution in [2.24, 2.45) is 0 Å². The molecule has 1 aliphatic rings. The number of para-hydroxylation sites is 1.